The molecule has 4 aromatic heterocycles. The molecule has 15 nitrogen and oxygen atoms in total. The number of nitrogen functional groups attached to an aromatic ring is 1. The number of nitrogens with two attached hydrogens (primary N) is 1. The van der Waals surface area contributed by atoms with Gasteiger partial charge in [0, 0.05) is 24.7 Å². The number of anilines is 2. The van der Waals surface area contributed by atoms with Crippen LogP contribution >= 0.6 is 0 Å². The highest BCUT2D eigenvalue weighted by molar-refractivity contribution is 7.88. The summed E-state index contributed by atoms with van der Waals surface area (Å²) in [7, 11) is -3.44. The van der Waals surface area contributed by atoms with Crippen molar-refractivity contribution < 1.29 is 36.9 Å². The Balaban J connectivity index is 0.000000247. The number of hydrogen-bond acceptors (Lipinski definition) is 12. The molecule has 0 radical (unpaired) electrons. The van der Waals surface area contributed by atoms with Crippen LogP contribution in [0.4, 0.5) is 24.9 Å². The number of nitrogens with one attached hydrogen (secondary N) is 1. The van der Waals surface area contributed by atoms with Gasteiger partial charge >= 0.3 is 6.10 Å². The lowest BCUT2D eigenvalue weighted by atomic mass is 10.1. The molecule has 4 aromatic rings. The summed E-state index contributed by atoms with van der Waals surface area (Å²) in [5, 5.41) is 41.6. The highest BCUT2D eigenvalue weighted by Crippen LogP contribution is 2.30. The highest BCUT2D eigenvalue weighted by atomic mass is 32.2. The van der Waals surface area contributed by atoms with E-state index in [2.05, 4.69) is 25.4 Å². The first-order chi connectivity index (χ1) is 18.2. The average molecular weight is 575 g/mol. The number of nitrogens with zero attached hydrogens (tertiary/aromatic N) is 8. The summed E-state index contributed by atoms with van der Waals surface area (Å²) >= 11 is 0. The molecule has 0 atom stereocenters. The molecule has 0 unspecified atom stereocenters. The molecule has 0 aromatic carbocycles. The van der Waals surface area contributed by atoms with Crippen LogP contribution in [0.5, 0.6) is 0 Å². The summed E-state index contributed by atoms with van der Waals surface area (Å²) in [6, 6.07) is 4.98. The van der Waals surface area contributed by atoms with Crippen LogP contribution in [0.25, 0.3) is 27.9 Å². The van der Waals surface area contributed by atoms with Gasteiger partial charge in [0.05, 0.1) is 25.0 Å². The molecule has 0 spiro atoms. The van der Waals surface area contributed by atoms with Crippen LogP contribution in [0.1, 0.15) is 12.8 Å². The minimum absolute atomic E-state index is 0.0119. The second kappa shape index (κ2) is 10.5. The maximum Gasteiger partial charge on any atom is 0.368 e. The van der Waals surface area contributed by atoms with Gasteiger partial charge in [0.2, 0.25) is 16.0 Å². The minimum Gasteiger partial charge on any atom is -0.366 e. The van der Waals surface area contributed by atoms with Crippen LogP contribution in [0.2, 0.25) is 0 Å². The largest absolute Gasteiger partial charge is 0.368 e. The van der Waals surface area contributed by atoms with Crippen molar-refractivity contribution in [3.8, 4) is 11.3 Å². The van der Waals surface area contributed by atoms with E-state index in [1.54, 1.807) is 24.4 Å². The van der Waals surface area contributed by atoms with Gasteiger partial charge in [-0.2, -0.15) is 9.29 Å². The Morgan fingerprint density at radius 2 is 1.95 bits per heavy atom. The highest BCUT2D eigenvalue weighted by Gasteiger charge is 2.38. The standard InChI is InChI=1S/C14H14FN9O3.C6H11F2NO2S/c15-4-6-24-12-9(20-22-24)2-1-8(17-12)7-3-5-23-10(7)11(18-13(16)21-23)19-14(25,26)27;1-12(10,11)9-4-2-3-6(7,8)5-9/h1-3,5,25-27H,4,6H2,(H3,16,18,19,21);2-5H2,1H3. The number of piperidine rings is 1. The number of aliphatic hydroxyl groups is 3. The van der Waals surface area contributed by atoms with Crippen molar-refractivity contribution >= 4 is 38.5 Å². The van der Waals surface area contributed by atoms with E-state index in [-0.39, 0.29) is 43.2 Å². The van der Waals surface area contributed by atoms with Gasteiger partial charge in [0.25, 0.3) is 5.92 Å². The average Bonchev–Trinajstić information content (AvgIpc) is 3.41. The van der Waals surface area contributed by atoms with E-state index in [1.165, 1.54) is 9.20 Å². The van der Waals surface area contributed by atoms with Gasteiger partial charge in [-0.1, -0.05) is 5.21 Å². The summed E-state index contributed by atoms with van der Waals surface area (Å²) in [5.74, 6) is -3.14. The molecule has 1 aliphatic rings. The molecule has 0 aliphatic carbocycles. The lowest BCUT2D eigenvalue weighted by Gasteiger charge is -2.30. The summed E-state index contributed by atoms with van der Waals surface area (Å²) in [4.78, 5) is 8.35. The second-order valence-electron chi connectivity index (χ2n) is 8.70. The Labute approximate surface area is 218 Å². The fraction of sp³-hybridized carbons (Fsp3) is 0.450. The molecular formula is C20H25F3N10O5S. The number of hydrogen-bond donors (Lipinski definition) is 5. The zero-order valence-corrected chi connectivity index (χ0v) is 21.2. The first-order valence-electron chi connectivity index (χ1n) is 11.4. The van der Waals surface area contributed by atoms with E-state index in [1.807, 2.05) is 5.32 Å². The molecule has 39 heavy (non-hydrogen) atoms. The predicted octanol–water partition coefficient (Wildman–Crippen LogP) is -0.235. The lowest BCUT2D eigenvalue weighted by molar-refractivity contribution is -0.289. The van der Waals surface area contributed by atoms with Crippen molar-refractivity contribution in [2.45, 2.75) is 31.4 Å². The fourth-order valence-electron chi connectivity index (χ4n) is 3.94. The molecule has 19 heteroatoms. The minimum atomic E-state index is -3.44. The molecule has 5 rings (SSSR count). The van der Waals surface area contributed by atoms with E-state index >= 15 is 0 Å². The van der Waals surface area contributed by atoms with Gasteiger partial charge in [0.1, 0.15) is 17.7 Å². The molecule has 1 fully saturated rings. The van der Waals surface area contributed by atoms with Crippen LogP contribution in [0.15, 0.2) is 24.4 Å². The van der Waals surface area contributed by atoms with Gasteiger partial charge < -0.3 is 21.1 Å². The number of rotatable bonds is 6. The SMILES string of the molecule is CS(=O)(=O)N1CCCC(F)(F)C1.Nc1nc(NC(O)(O)O)c2c(-c3ccc4nnn(CCF)c4n3)ccn2n1. The van der Waals surface area contributed by atoms with Crippen molar-refractivity contribution in [1.29, 1.82) is 0 Å². The lowest BCUT2D eigenvalue weighted by Crippen LogP contribution is -2.45. The maximum absolute atomic E-state index is 12.7. The Bertz CT molecular complexity index is 1590. The van der Waals surface area contributed by atoms with Crippen molar-refractivity contribution in [2.24, 2.45) is 0 Å². The van der Waals surface area contributed by atoms with Gasteiger partial charge in [-0.05, 0) is 24.6 Å². The van der Waals surface area contributed by atoms with E-state index in [4.69, 9.17) is 5.73 Å². The molecular weight excluding hydrogens is 549 g/mol. The molecule has 1 aliphatic heterocycles. The van der Waals surface area contributed by atoms with Crippen molar-refractivity contribution in [2.75, 3.05) is 37.1 Å². The molecule has 1 saturated heterocycles. The van der Waals surface area contributed by atoms with E-state index in [9.17, 15) is 36.9 Å². The van der Waals surface area contributed by atoms with Gasteiger partial charge in [-0.25, -0.2) is 35.8 Å². The number of pyridine rings is 1. The van der Waals surface area contributed by atoms with E-state index in [0.29, 0.717) is 22.4 Å². The first-order valence-corrected chi connectivity index (χ1v) is 13.2. The van der Waals surface area contributed by atoms with Crippen molar-refractivity contribution in [1.82, 2.24) is 38.9 Å². The van der Waals surface area contributed by atoms with Gasteiger partial charge in [-0.15, -0.1) is 10.2 Å². The fourth-order valence-corrected chi connectivity index (χ4v) is 4.83. The Morgan fingerprint density at radius 1 is 1.21 bits per heavy atom. The number of halogens is 3. The topological polar surface area (TPSA) is 210 Å². The summed E-state index contributed by atoms with van der Waals surface area (Å²) in [6.07, 6.45) is -0.679. The summed E-state index contributed by atoms with van der Waals surface area (Å²) < 4.78 is 63.3. The van der Waals surface area contributed by atoms with E-state index < -0.39 is 35.3 Å². The van der Waals surface area contributed by atoms with Crippen LogP contribution in [0, 0.1) is 0 Å². The van der Waals surface area contributed by atoms with Crippen molar-refractivity contribution in [3.05, 3.63) is 24.4 Å². The number of aryl methyl sites for hydroxylation is 1. The Morgan fingerprint density at radius 3 is 2.56 bits per heavy atom. The summed E-state index contributed by atoms with van der Waals surface area (Å²) in [5.41, 5.74) is 7.71. The predicted molar refractivity (Wildman–Crippen MR) is 131 cm³/mol. The second-order valence-corrected chi connectivity index (χ2v) is 10.7. The number of alkyl halides is 3. The summed E-state index contributed by atoms with van der Waals surface area (Å²) in [6.45, 7) is -1.05. The Kier molecular flexibility index (Phi) is 7.63. The van der Waals surface area contributed by atoms with Gasteiger partial charge in [-0.3, -0.25) is 5.32 Å². The molecule has 0 bridgehead atoms. The van der Waals surface area contributed by atoms with Gasteiger partial charge in [0.15, 0.2) is 11.5 Å². The number of sulfonamides is 1. The molecule has 6 N–H and O–H groups in total. The first kappa shape index (κ1) is 28.4. The molecule has 212 valence electrons. The third kappa shape index (κ3) is 6.68. The smallest absolute Gasteiger partial charge is 0.366 e. The Hall–Kier alpha value is -3.65. The number of fused-ring (bicyclic) bond motifs is 2. The molecule has 0 amide bonds. The van der Waals surface area contributed by atoms with Crippen LogP contribution < -0.4 is 11.1 Å². The monoisotopic (exact) mass is 574 g/mol. The zero-order valence-electron chi connectivity index (χ0n) is 20.4. The molecule has 5 heterocycles. The number of aromatic nitrogens is 7. The molecule has 0 saturated carbocycles. The van der Waals surface area contributed by atoms with Crippen LogP contribution in [-0.2, 0) is 16.6 Å². The maximum atomic E-state index is 12.7. The third-order valence-electron chi connectivity index (χ3n) is 5.57. The van der Waals surface area contributed by atoms with E-state index in [0.717, 1.165) is 10.6 Å². The third-order valence-corrected chi connectivity index (χ3v) is 6.82. The zero-order chi connectivity index (χ0) is 28.6. The van der Waals surface area contributed by atoms with Crippen LogP contribution in [0.3, 0.4) is 0 Å². The normalized spacial score (nSPS) is 16.3. The quantitative estimate of drug-likeness (QED) is 0.189. The van der Waals surface area contributed by atoms with Crippen molar-refractivity contribution in [3.63, 3.8) is 0 Å². The van der Waals surface area contributed by atoms with Crippen LogP contribution in [-0.4, -0.2) is 101 Å².